The number of aromatic nitrogens is 1. The van der Waals surface area contributed by atoms with E-state index in [1.54, 1.807) is 28.9 Å². The van der Waals surface area contributed by atoms with Crippen LogP contribution in [0.2, 0.25) is 0 Å². The SMILES string of the molecule is O=C(NCc1csc2ccccc12)c1cnc(-c2cccs2)s1. The van der Waals surface area contributed by atoms with Crippen molar-refractivity contribution in [2.24, 2.45) is 0 Å². The molecule has 0 bridgehead atoms. The highest BCUT2D eigenvalue weighted by atomic mass is 32.1. The van der Waals surface area contributed by atoms with Gasteiger partial charge in [-0.1, -0.05) is 24.3 Å². The molecule has 0 unspecified atom stereocenters. The number of nitrogens with one attached hydrogen (secondary N) is 1. The lowest BCUT2D eigenvalue weighted by molar-refractivity contribution is 0.0955. The van der Waals surface area contributed by atoms with E-state index in [0.717, 1.165) is 15.4 Å². The van der Waals surface area contributed by atoms with Crippen LogP contribution < -0.4 is 5.32 Å². The zero-order chi connectivity index (χ0) is 15.6. The van der Waals surface area contributed by atoms with Crippen molar-refractivity contribution in [2.75, 3.05) is 0 Å². The van der Waals surface area contributed by atoms with E-state index >= 15 is 0 Å². The van der Waals surface area contributed by atoms with Gasteiger partial charge >= 0.3 is 0 Å². The number of amides is 1. The highest BCUT2D eigenvalue weighted by Crippen LogP contribution is 2.29. The van der Waals surface area contributed by atoms with Crippen LogP contribution in [0.4, 0.5) is 0 Å². The van der Waals surface area contributed by atoms with Crippen LogP contribution >= 0.6 is 34.0 Å². The minimum absolute atomic E-state index is 0.0689. The highest BCUT2D eigenvalue weighted by Gasteiger charge is 2.13. The van der Waals surface area contributed by atoms with E-state index in [0.29, 0.717) is 11.4 Å². The number of fused-ring (bicyclic) bond motifs is 1. The lowest BCUT2D eigenvalue weighted by Crippen LogP contribution is -2.21. The fraction of sp³-hybridized carbons (Fsp3) is 0.0588. The average molecular weight is 356 g/mol. The molecule has 1 amide bonds. The van der Waals surface area contributed by atoms with Gasteiger partial charge in [-0.2, -0.15) is 0 Å². The van der Waals surface area contributed by atoms with Gasteiger partial charge in [0, 0.05) is 11.2 Å². The van der Waals surface area contributed by atoms with Gasteiger partial charge < -0.3 is 5.32 Å². The van der Waals surface area contributed by atoms with Gasteiger partial charge in [0.25, 0.3) is 5.91 Å². The van der Waals surface area contributed by atoms with Gasteiger partial charge in [-0.15, -0.1) is 34.0 Å². The maximum atomic E-state index is 12.3. The number of rotatable bonds is 4. The van der Waals surface area contributed by atoms with E-state index in [2.05, 4.69) is 27.8 Å². The van der Waals surface area contributed by atoms with Gasteiger partial charge in [-0.25, -0.2) is 4.98 Å². The Morgan fingerprint density at radius 2 is 2.04 bits per heavy atom. The van der Waals surface area contributed by atoms with Crippen molar-refractivity contribution in [1.29, 1.82) is 0 Å². The Kier molecular flexibility index (Phi) is 3.95. The molecule has 3 aromatic heterocycles. The van der Waals surface area contributed by atoms with E-state index < -0.39 is 0 Å². The number of carbonyl (C=O) groups excluding carboxylic acids is 1. The highest BCUT2D eigenvalue weighted by molar-refractivity contribution is 7.22. The topological polar surface area (TPSA) is 42.0 Å². The molecule has 1 aromatic carbocycles. The van der Waals surface area contributed by atoms with Crippen LogP contribution in [0.15, 0.2) is 53.4 Å². The first-order valence-electron chi connectivity index (χ1n) is 7.04. The Labute approximate surface area is 145 Å². The average Bonchev–Trinajstić information content (AvgIpc) is 3.31. The lowest BCUT2D eigenvalue weighted by atomic mass is 10.2. The third-order valence-electron chi connectivity index (χ3n) is 3.46. The summed E-state index contributed by atoms with van der Waals surface area (Å²) in [5.41, 5.74) is 1.15. The van der Waals surface area contributed by atoms with Gasteiger partial charge in [-0.05, 0) is 33.8 Å². The summed E-state index contributed by atoms with van der Waals surface area (Å²) in [6.07, 6.45) is 1.65. The first kappa shape index (κ1) is 14.6. The van der Waals surface area contributed by atoms with Crippen LogP contribution in [0, 0.1) is 0 Å². The van der Waals surface area contributed by atoms with Gasteiger partial charge in [0.1, 0.15) is 9.88 Å². The summed E-state index contributed by atoms with van der Waals surface area (Å²) in [5, 5.41) is 9.22. The summed E-state index contributed by atoms with van der Waals surface area (Å²) in [4.78, 5) is 18.4. The Morgan fingerprint density at radius 1 is 1.13 bits per heavy atom. The molecule has 0 radical (unpaired) electrons. The fourth-order valence-electron chi connectivity index (χ4n) is 2.33. The molecule has 0 fully saturated rings. The van der Waals surface area contributed by atoms with Crippen LogP contribution in [0.5, 0.6) is 0 Å². The first-order chi connectivity index (χ1) is 11.3. The number of thiophene rings is 2. The first-order valence-corrected chi connectivity index (χ1v) is 9.62. The molecule has 0 spiro atoms. The Hall–Kier alpha value is -2.02. The Bertz CT molecular complexity index is 953. The molecule has 1 N–H and O–H groups in total. The van der Waals surface area contributed by atoms with E-state index in [9.17, 15) is 4.79 Å². The van der Waals surface area contributed by atoms with E-state index in [4.69, 9.17) is 0 Å². The molecule has 4 rings (SSSR count). The van der Waals surface area contributed by atoms with Crippen molar-refractivity contribution in [2.45, 2.75) is 6.54 Å². The maximum Gasteiger partial charge on any atom is 0.263 e. The predicted molar refractivity (Wildman–Crippen MR) is 98.4 cm³/mol. The second-order valence-electron chi connectivity index (χ2n) is 4.95. The quantitative estimate of drug-likeness (QED) is 0.558. The summed E-state index contributed by atoms with van der Waals surface area (Å²) in [7, 11) is 0. The normalized spacial score (nSPS) is 11.0. The van der Waals surface area contributed by atoms with Gasteiger partial charge in [-0.3, -0.25) is 4.79 Å². The molecule has 0 aliphatic rings. The summed E-state index contributed by atoms with van der Waals surface area (Å²) < 4.78 is 1.24. The number of nitrogens with zero attached hydrogens (tertiary/aromatic N) is 1. The maximum absolute atomic E-state index is 12.3. The zero-order valence-electron chi connectivity index (χ0n) is 12.0. The van der Waals surface area contributed by atoms with Crippen molar-refractivity contribution in [1.82, 2.24) is 10.3 Å². The molecule has 3 heterocycles. The molecule has 114 valence electrons. The van der Waals surface area contributed by atoms with E-state index in [1.165, 1.54) is 21.4 Å². The molecule has 23 heavy (non-hydrogen) atoms. The van der Waals surface area contributed by atoms with E-state index in [1.807, 2.05) is 29.6 Å². The molecule has 0 saturated heterocycles. The molecule has 0 aliphatic carbocycles. The van der Waals surface area contributed by atoms with Crippen molar-refractivity contribution in [3.8, 4) is 9.88 Å². The van der Waals surface area contributed by atoms with Crippen LogP contribution in [0.25, 0.3) is 20.0 Å². The molecule has 3 nitrogen and oxygen atoms in total. The zero-order valence-corrected chi connectivity index (χ0v) is 14.4. The summed E-state index contributed by atoms with van der Waals surface area (Å²) in [6.45, 7) is 0.537. The number of benzene rings is 1. The van der Waals surface area contributed by atoms with Crippen LogP contribution in [0.1, 0.15) is 15.2 Å². The van der Waals surface area contributed by atoms with Crippen molar-refractivity contribution in [3.63, 3.8) is 0 Å². The second kappa shape index (κ2) is 6.23. The summed E-state index contributed by atoms with van der Waals surface area (Å²) >= 11 is 4.76. The number of hydrogen-bond acceptors (Lipinski definition) is 5. The van der Waals surface area contributed by atoms with Crippen LogP contribution in [-0.4, -0.2) is 10.9 Å². The van der Waals surface area contributed by atoms with Crippen molar-refractivity contribution in [3.05, 3.63) is 63.8 Å². The third kappa shape index (κ3) is 2.93. The van der Waals surface area contributed by atoms with Crippen LogP contribution in [-0.2, 0) is 6.54 Å². The summed E-state index contributed by atoms with van der Waals surface area (Å²) in [6, 6.07) is 12.3. The van der Waals surface area contributed by atoms with Gasteiger partial charge in [0.15, 0.2) is 0 Å². The van der Waals surface area contributed by atoms with Crippen LogP contribution in [0.3, 0.4) is 0 Å². The minimum Gasteiger partial charge on any atom is -0.347 e. The number of thiazole rings is 1. The second-order valence-corrected chi connectivity index (χ2v) is 7.84. The van der Waals surface area contributed by atoms with Crippen molar-refractivity contribution >= 4 is 50.0 Å². The summed E-state index contributed by atoms with van der Waals surface area (Å²) in [5.74, 6) is -0.0689. The number of carbonyl (C=O) groups is 1. The third-order valence-corrected chi connectivity index (χ3v) is 6.51. The monoisotopic (exact) mass is 356 g/mol. The molecule has 4 aromatic rings. The fourth-order valence-corrected chi connectivity index (χ4v) is 4.92. The lowest BCUT2D eigenvalue weighted by Gasteiger charge is -2.02. The molecule has 6 heteroatoms. The predicted octanol–water partition coefficient (Wildman–Crippen LogP) is 5.02. The van der Waals surface area contributed by atoms with E-state index in [-0.39, 0.29) is 5.91 Å². The standard InChI is InChI=1S/C17H12N2OS3/c20-16(15-9-19-17(23-15)14-6-3-7-21-14)18-8-11-10-22-13-5-2-1-4-12(11)13/h1-7,9-10H,8H2,(H,18,20). The molecule has 0 saturated carbocycles. The molecular formula is C17H12N2OS3. The Morgan fingerprint density at radius 3 is 2.91 bits per heavy atom. The molecule has 0 atom stereocenters. The largest absolute Gasteiger partial charge is 0.347 e. The Balaban J connectivity index is 1.48. The van der Waals surface area contributed by atoms with Crippen molar-refractivity contribution < 1.29 is 4.79 Å². The molecular weight excluding hydrogens is 344 g/mol. The van der Waals surface area contributed by atoms with Gasteiger partial charge in [0.05, 0.1) is 11.1 Å². The van der Waals surface area contributed by atoms with Gasteiger partial charge in [0.2, 0.25) is 0 Å². The molecule has 0 aliphatic heterocycles. The smallest absolute Gasteiger partial charge is 0.263 e. The minimum atomic E-state index is -0.0689. The number of hydrogen-bond donors (Lipinski definition) is 1.